The van der Waals surface area contributed by atoms with Crippen molar-refractivity contribution in [3.8, 4) is 10.6 Å². The predicted molar refractivity (Wildman–Crippen MR) is 168 cm³/mol. The Morgan fingerprint density at radius 2 is 1.93 bits per heavy atom. The molecule has 6 rings (SSSR count). The van der Waals surface area contributed by atoms with Gasteiger partial charge in [0.2, 0.25) is 5.91 Å². The first-order chi connectivity index (χ1) is 20.9. The number of aromatic nitrogens is 3. The van der Waals surface area contributed by atoms with E-state index < -0.39 is 10.0 Å². The Bertz CT molecular complexity index is 1720. The molecule has 1 atom stereocenters. The molecule has 224 valence electrons. The summed E-state index contributed by atoms with van der Waals surface area (Å²) in [4.78, 5) is 30.8. The number of thiazole rings is 1. The van der Waals surface area contributed by atoms with Gasteiger partial charge >= 0.3 is 0 Å². The summed E-state index contributed by atoms with van der Waals surface area (Å²) < 4.78 is 34.8. The molecule has 2 aliphatic rings. The minimum atomic E-state index is -3.81. The number of benzene rings is 2. The number of carbonyl (C=O) groups is 1. The van der Waals surface area contributed by atoms with E-state index in [1.807, 2.05) is 18.2 Å². The van der Waals surface area contributed by atoms with Gasteiger partial charge in [-0.15, -0.1) is 0 Å². The summed E-state index contributed by atoms with van der Waals surface area (Å²) in [5, 5.41) is 3.75. The topological polar surface area (TPSA) is 130 Å². The molecule has 2 aliphatic heterocycles. The second kappa shape index (κ2) is 12.8. The molecule has 1 unspecified atom stereocenters. The number of hydrogen-bond donors (Lipinski definition) is 2. The van der Waals surface area contributed by atoms with Crippen molar-refractivity contribution < 1.29 is 17.9 Å². The number of nitrogens with zero attached hydrogens (tertiary/aromatic N) is 5. The number of morpholine rings is 1. The molecule has 0 spiro atoms. The summed E-state index contributed by atoms with van der Waals surface area (Å²) in [6.45, 7) is 8.52. The van der Waals surface area contributed by atoms with Gasteiger partial charge in [-0.05, 0) is 67.4 Å². The fourth-order valence-corrected chi connectivity index (χ4v) is 7.45. The first-order valence-electron chi connectivity index (χ1n) is 14.2. The summed E-state index contributed by atoms with van der Waals surface area (Å²) in [5.41, 5.74) is 2.98. The first kappa shape index (κ1) is 29.2. The van der Waals surface area contributed by atoms with Crippen molar-refractivity contribution >= 4 is 49.1 Å². The standard InChI is InChI=1S/C30H33N7O4S2/c1-2-26(38)33-24-6-4-12-36(19-24)18-21-5-3-7-25(17-21)43(39,40)35-23-10-8-22(9-11-23)29-34-27-28(31-20-32-30(27)42-29)37-13-15-41-16-14-37/h2-3,5,7-11,17,20,24,35H,1,4,6,12-16,18-19H2,(H,33,38). The molecule has 4 heterocycles. The summed E-state index contributed by atoms with van der Waals surface area (Å²) in [6.07, 6.45) is 4.72. The zero-order valence-electron chi connectivity index (χ0n) is 23.6. The van der Waals surface area contributed by atoms with Gasteiger partial charge < -0.3 is 15.0 Å². The van der Waals surface area contributed by atoms with Crippen molar-refractivity contribution in [3.63, 3.8) is 0 Å². The van der Waals surface area contributed by atoms with Gasteiger partial charge in [0.05, 0.1) is 18.1 Å². The zero-order chi connectivity index (χ0) is 29.8. The number of nitrogens with one attached hydrogen (secondary N) is 2. The van der Waals surface area contributed by atoms with Crippen LogP contribution in [0.1, 0.15) is 18.4 Å². The lowest BCUT2D eigenvalue weighted by Gasteiger charge is -2.33. The van der Waals surface area contributed by atoms with Crippen LogP contribution in [0.15, 0.2) is 72.4 Å². The van der Waals surface area contributed by atoms with Crippen molar-refractivity contribution in [3.05, 3.63) is 73.1 Å². The maximum Gasteiger partial charge on any atom is 0.261 e. The minimum absolute atomic E-state index is 0.0540. The van der Waals surface area contributed by atoms with Gasteiger partial charge in [-0.1, -0.05) is 30.0 Å². The monoisotopic (exact) mass is 619 g/mol. The second-order valence-electron chi connectivity index (χ2n) is 10.6. The van der Waals surface area contributed by atoms with Gasteiger partial charge in [-0.3, -0.25) is 14.4 Å². The number of likely N-dealkylation sites (tertiary alicyclic amines) is 1. The van der Waals surface area contributed by atoms with Gasteiger partial charge in [0.1, 0.15) is 21.7 Å². The summed E-state index contributed by atoms with van der Waals surface area (Å²) >= 11 is 1.48. The summed E-state index contributed by atoms with van der Waals surface area (Å²) in [5.74, 6) is 0.633. The smallest absolute Gasteiger partial charge is 0.261 e. The Kier molecular flexibility index (Phi) is 8.66. The Morgan fingerprint density at radius 1 is 1.12 bits per heavy atom. The number of hydrogen-bond acceptors (Lipinski definition) is 10. The van der Waals surface area contributed by atoms with E-state index >= 15 is 0 Å². The summed E-state index contributed by atoms with van der Waals surface area (Å²) in [6, 6.07) is 14.2. The van der Waals surface area contributed by atoms with Crippen LogP contribution in [0.25, 0.3) is 20.9 Å². The molecule has 2 fully saturated rings. The molecular formula is C30H33N7O4S2. The Balaban J connectivity index is 1.13. The van der Waals surface area contributed by atoms with E-state index in [-0.39, 0.29) is 16.8 Å². The fourth-order valence-electron chi connectivity index (χ4n) is 5.41. The maximum atomic E-state index is 13.3. The zero-order valence-corrected chi connectivity index (χ0v) is 25.2. The van der Waals surface area contributed by atoms with E-state index in [0.29, 0.717) is 32.0 Å². The van der Waals surface area contributed by atoms with Gasteiger partial charge in [0.25, 0.3) is 10.0 Å². The molecule has 13 heteroatoms. The second-order valence-corrected chi connectivity index (χ2v) is 13.2. The third kappa shape index (κ3) is 6.85. The van der Waals surface area contributed by atoms with E-state index in [4.69, 9.17) is 9.72 Å². The highest BCUT2D eigenvalue weighted by molar-refractivity contribution is 7.92. The van der Waals surface area contributed by atoms with Crippen molar-refractivity contribution in [1.29, 1.82) is 0 Å². The highest BCUT2D eigenvalue weighted by atomic mass is 32.2. The molecular weight excluding hydrogens is 587 g/mol. The van der Waals surface area contributed by atoms with E-state index in [0.717, 1.165) is 64.8 Å². The first-order valence-corrected chi connectivity index (χ1v) is 16.5. The highest BCUT2D eigenvalue weighted by Crippen LogP contribution is 2.33. The Labute approximate surface area is 254 Å². The average molecular weight is 620 g/mol. The number of ether oxygens (including phenoxy) is 1. The van der Waals surface area contributed by atoms with Crippen molar-refractivity contribution in [2.45, 2.75) is 30.3 Å². The normalized spacial score (nSPS) is 18.0. The quantitative estimate of drug-likeness (QED) is 0.270. The number of anilines is 2. The highest BCUT2D eigenvalue weighted by Gasteiger charge is 2.22. The molecule has 0 bridgehead atoms. The van der Waals surface area contributed by atoms with E-state index in [1.54, 1.807) is 36.7 Å². The fraction of sp³-hybridized carbons (Fsp3) is 0.333. The number of sulfonamides is 1. The molecule has 2 N–H and O–H groups in total. The number of fused-ring (bicyclic) bond motifs is 1. The van der Waals surface area contributed by atoms with Crippen LogP contribution in [0.3, 0.4) is 0 Å². The molecule has 1 amide bonds. The lowest BCUT2D eigenvalue weighted by molar-refractivity contribution is -0.117. The maximum absolute atomic E-state index is 13.3. The predicted octanol–water partition coefficient (Wildman–Crippen LogP) is 3.66. The van der Waals surface area contributed by atoms with Gasteiger partial charge in [0, 0.05) is 43.5 Å². The summed E-state index contributed by atoms with van der Waals surface area (Å²) in [7, 11) is -3.81. The average Bonchev–Trinajstić information content (AvgIpc) is 3.47. The number of piperidine rings is 1. The number of carbonyl (C=O) groups excluding carboxylic acids is 1. The van der Waals surface area contributed by atoms with E-state index in [1.165, 1.54) is 17.4 Å². The van der Waals surface area contributed by atoms with Gasteiger partial charge in [0.15, 0.2) is 5.82 Å². The van der Waals surface area contributed by atoms with Crippen LogP contribution >= 0.6 is 11.3 Å². The molecule has 0 saturated carbocycles. The van der Waals surface area contributed by atoms with Crippen molar-refractivity contribution in [2.24, 2.45) is 0 Å². The number of amides is 1. The van der Waals surface area contributed by atoms with Crippen LogP contribution in [0.5, 0.6) is 0 Å². The van der Waals surface area contributed by atoms with Crippen LogP contribution in [-0.4, -0.2) is 79.6 Å². The molecule has 2 saturated heterocycles. The Morgan fingerprint density at radius 3 is 2.72 bits per heavy atom. The third-order valence-corrected chi connectivity index (χ3v) is 9.91. The Hall–Kier alpha value is -3.91. The van der Waals surface area contributed by atoms with Crippen molar-refractivity contribution in [1.82, 2.24) is 25.2 Å². The lowest BCUT2D eigenvalue weighted by atomic mass is 10.0. The molecule has 0 radical (unpaired) electrons. The van der Waals surface area contributed by atoms with Crippen LogP contribution in [0.4, 0.5) is 11.5 Å². The molecule has 4 aromatic rings. The van der Waals surface area contributed by atoms with Crippen molar-refractivity contribution in [2.75, 3.05) is 49.0 Å². The molecule has 0 aliphatic carbocycles. The SMILES string of the molecule is C=CC(=O)NC1CCCN(Cc2cccc(S(=O)(=O)Nc3ccc(-c4nc5c(N6CCOCC6)ncnc5s4)cc3)c2)C1. The lowest BCUT2D eigenvalue weighted by Crippen LogP contribution is -2.46. The third-order valence-electron chi connectivity index (χ3n) is 7.52. The van der Waals surface area contributed by atoms with Gasteiger partial charge in [-0.25, -0.2) is 23.4 Å². The van der Waals surface area contributed by atoms with E-state index in [9.17, 15) is 13.2 Å². The number of rotatable bonds is 9. The van der Waals surface area contributed by atoms with Crippen LogP contribution in [0, 0.1) is 0 Å². The van der Waals surface area contributed by atoms with E-state index in [2.05, 4.69) is 36.4 Å². The van der Waals surface area contributed by atoms with Gasteiger partial charge in [-0.2, -0.15) is 0 Å². The largest absolute Gasteiger partial charge is 0.378 e. The minimum Gasteiger partial charge on any atom is -0.378 e. The molecule has 2 aromatic heterocycles. The van der Waals surface area contributed by atoms with Crippen LogP contribution in [0.2, 0.25) is 0 Å². The molecule has 2 aromatic carbocycles. The van der Waals surface area contributed by atoms with Crippen LogP contribution < -0.4 is 14.9 Å². The van der Waals surface area contributed by atoms with Crippen LogP contribution in [-0.2, 0) is 26.1 Å². The molecule has 43 heavy (non-hydrogen) atoms. The molecule has 11 nitrogen and oxygen atoms in total.